The number of aryl methyl sites for hydroxylation is 1. The zero-order valence-corrected chi connectivity index (χ0v) is 22.2. The Morgan fingerprint density at radius 3 is 2.30 bits per heavy atom. The SMILES string of the molecule is Cc1cn(C[C@H](N)C(=O)NC(C)(C)C(=O)N[C@@H](CCCCNC(=O)OC(C)(C)C)C(N)=O)c(=O)[nH]c1=O. The number of nitrogens with two attached hydrogens (primary N) is 2. The molecule has 0 aliphatic heterocycles. The van der Waals surface area contributed by atoms with Crippen molar-refractivity contribution in [2.24, 2.45) is 11.5 Å². The monoisotopic (exact) mass is 525 g/mol. The van der Waals surface area contributed by atoms with Crippen molar-refractivity contribution in [1.29, 1.82) is 0 Å². The zero-order chi connectivity index (χ0) is 28.6. The van der Waals surface area contributed by atoms with Gasteiger partial charge in [0.05, 0.1) is 6.54 Å². The van der Waals surface area contributed by atoms with Gasteiger partial charge < -0.3 is 32.2 Å². The lowest BCUT2D eigenvalue weighted by atomic mass is 10.0. The van der Waals surface area contributed by atoms with Crippen molar-refractivity contribution < 1.29 is 23.9 Å². The van der Waals surface area contributed by atoms with Crippen LogP contribution in [0.5, 0.6) is 0 Å². The average Bonchev–Trinajstić information content (AvgIpc) is 2.74. The van der Waals surface area contributed by atoms with Crippen molar-refractivity contribution in [3.8, 4) is 0 Å². The fourth-order valence-corrected chi connectivity index (χ4v) is 3.11. The van der Waals surface area contributed by atoms with E-state index in [0.717, 1.165) is 4.57 Å². The predicted molar refractivity (Wildman–Crippen MR) is 135 cm³/mol. The molecule has 208 valence electrons. The lowest BCUT2D eigenvalue weighted by Crippen LogP contribution is -2.61. The smallest absolute Gasteiger partial charge is 0.407 e. The summed E-state index contributed by atoms with van der Waals surface area (Å²) in [4.78, 5) is 74.5. The molecular formula is C23H39N7O7. The Morgan fingerprint density at radius 2 is 1.73 bits per heavy atom. The second-order valence-corrected chi connectivity index (χ2v) is 10.3. The third kappa shape index (κ3) is 10.9. The molecule has 14 heteroatoms. The number of nitrogens with one attached hydrogen (secondary N) is 4. The van der Waals surface area contributed by atoms with E-state index in [0.29, 0.717) is 19.4 Å². The Bertz CT molecular complexity index is 1100. The highest BCUT2D eigenvalue weighted by Crippen LogP contribution is 2.08. The molecule has 37 heavy (non-hydrogen) atoms. The van der Waals surface area contributed by atoms with E-state index >= 15 is 0 Å². The third-order valence-corrected chi connectivity index (χ3v) is 5.16. The molecule has 14 nitrogen and oxygen atoms in total. The van der Waals surface area contributed by atoms with Gasteiger partial charge >= 0.3 is 11.8 Å². The molecule has 2 atom stereocenters. The summed E-state index contributed by atoms with van der Waals surface area (Å²) >= 11 is 0. The van der Waals surface area contributed by atoms with Gasteiger partial charge in [0.25, 0.3) is 5.56 Å². The molecule has 0 aliphatic rings. The Hall–Kier alpha value is -3.68. The molecule has 0 bridgehead atoms. The molecule has 1 rings (SSSR count). The van der Waals surface area contributed by atoms with Crippen molar-refractivity contribution in [1.82, 2.24) is 25.5 Å². The number of rotatable bonds is 12. The van der Waals surface area contributed by atoms with Crippen LogP contribution in [0.25, 0.3) is 0 Å². The van der Waals surface area contributed by atoms with E-state index in [-0.39, 0.29) is 18.5 Å². The number of hydrogen-bond acceptors (Lipinski definition) is 8. The number of carbonyl (C=O) groups excluding carboxylic acids is 4. The van der Waals surface area contributed by atoms with E-state index in [9.17, 15) is 28.8 Å². The van der Waals surface area contributed by atoms with E-state index < -0.39 is 58.3 Å². The van der Waals surface area contributed by atoms with Crippen LogP contribution in [0.4, 0.5) is 4.79 Å². The van der Waals surface area contributed by atoms with Crippen LogP contribution in [0.1, 0.15) is 59.4 Å². The number of carbonyl (C=O) groups is 4. The number of nitrogens with zero attached hydrogens (tertiary/aromatic N) is 1. The van der Waals surface area contributed by atoms with Crippen molar-refractivity contribution in [3.63, 3.8) is 0 Å². The summed E-state index contributed by atoms with van der Waals surface area (Å²) in [7, 11) is 0. The first-order chi connectivity index (χ1) is 16.9. The van der Waals surface area contributed by atoms with Crippen molar-refractivity contribution in [2.45, 2.75) is 90.6 Å². The molecule has 0 aromatic carbocycles. The van der Waals surface area contributed by atoms with Gasteiger partial charge in [-0.2, -0.15) is 0 Å². The number of aromatic nitrogens is 2. The number of H-pyrrole nitrogens is 1. The van der Waals surface area contributed by atoms with E-state index in [1.807, 2.05) is 0 Å². The molecule has 1 aromatic heterocycles. The highest BCUT2D eigenvalue weighted by Gasteiger charge is 2.33. The first kappa shape index (κ1) is 31.4. The number of amides is 4. The molecule has 0 saturated carbocycles. The summed E-state index contributed by atoms with van der Waals surface area (Å²) in [6.45, 7) is 9.67. The second kappa shape index (κ2) is 13.0. The minimum Gasteiger partial charge on any atom is -0.444 e. The second-order valence-electron chi connectivity index (χ2n) is 10.3. The van der Waals surface area contributed by atoms with Gasteiger partial charge in [-0.25, -0.2) is 9.59 Å². The summed E-state index contributed by atoms with van der Waals surface area (Å²) in [5, 5.41) is 7.63. The summed E-state index contributed by atoms with van der Waals surface area (Å²) < 4.78 is 6.23. The van der Waals surface area contributed by atoms with Crippen molar-refractivity contribution in [2.75, 3.05) is 6.54 Å². The fourth-order valence-electron chi connectivity index (χ4n) is 3.11. The van der Waals surface area contributed by atoms with Crippen molar-refractivity contribution >= 4 is 23.8 Å². The maximum Gasteiger partial charge on any atom is 0.407 e. The standard InChI is InChI=1S/C23H39N7O7/c1-13-11-30(20(35)28-17(13)32)12-14(24)18(33)29-23(5,6)19(34)27-15(16(25)31)9-7-8-10-26-21(36)37-22(2,3)4/h11,14-15H,7-10,12,24H2,1-6H3,(H2,25,31)(H,26,36)(H,27,34)(H,29,33)(H,28,32,35)/t14-,15-/m0/s1. The number of unbranched alkanes of at least 4 members (excludes halogenated alkanes) is 1. The van der Waals surface area contributed by atoms with Gasteiger partial charge in [-0.05, 0) is 60.8 Å². The van der Waals surface area contributed by atoms with Gasteiger partial charge in [0.2, 0.25) is 17.7 Å². The average molecular weight is 526 g/mol. The van der Waals surface area contributed by atoms with Gasteiger partial charge in [0.15, 0.2) is 0 Å². The van der Waals surface area contributed by atoms with E-state index in [1.165, 1.54) is 27.0 Å². The van der Waals surface area contributed by atoms with Gasteiger partial charge in [0.1, 0.15) is 23.2 Å². The highest BCUT2D eigenvalue weighted by atomic mass is 16.6. The summed E-state index contributed by atoms with van der Waals surface area (Å²) in [6, 6.07) is -2.21. The molecule has 0 saturated heterocycles. The Morgan fingerprint density at radius 1 is 1.11 bits per heavy atom. The van der Waals surface area contributed by atoms with Gasteiger partial charge in [0, 0.05) is 18.3 Å². The first-order valence-electron chi connectivity index (χ1n) is 11.9. The lowest BCUT2D eigenvalue weighted by molar-refractivity contribution is -0.135. The van der Waals surface area contributed by atoms with E-state index in [4.69, 9.17) is 16.2 Å². The molecule has 0 aliphatic carbocycles. The topological polar surface area (TPSA) is 220 Å². The minimum atomic E-state index is -1.47. The normalized spacial score (nSPS) is 13.3. The van der Waals surface area contributed by atoms with E-state index in [2.05, 4.69) is 20.9 Å². The van der Waals surface area contributed by atoms with Crippen LogP contribution >= 0.6 is 0 Å². The van der Waals surface area contributed by atoms with E-state index in [1.54, 1.807) is 20.8 Å². The van der Waals surface area contributed by atoms with Crippen LogP contribution in [0.2, 0.25) is 0 Å². The fraction of sp³-hybridized carbons (Fsp3) is 0.652. The predicted octanol–water partition coefficient (Wildman–Crippen LogP) is -1.27. The quantitative estimate of drug-likeness (QED) is 0.180. The zero-order valence-electron chi connectivity index (χ0n) is 22.2. The van der Waals surface area contributed by atoms with Gasteiger partial charge in [-0.1, -0.05) is 0 Å². The molecule has 1 heterocycles. The van der Waals surface area contributed by atoms with Crippen molar-refractivity contribution in [3.05, 3.63) is 32.6 Å². The molecule has 1 aromatic rings. The number of alkyl carbamates (subject to hydrolysis) is 1. The molecule has 0 radical (unpaired) electrons. The molecule has 8 N–H and O–H groups in total. The summed E-state index contributed by atoms with van der Waals surface area (Å²) in [5.74, 6) is -2.14. The van der Waals surface area contributed by atoms with Gasteiger partial charge in [-0.3, -0.25) is 28.7 Å². The van der Waals surface area contributed by atoms with Crippen LogP contribution in [-0.4, -0.2) is 63.1 Å². The van der Waals surface area contributed by atoms with Crippen LogP contribution in [0.3, 0.4) is 0 Å². The minimum absolute atomic E-state index is 0.217. The number of ether oxygens (including phenoxy) is 1. The van der Waals surface area contributed by atoms with Crippen LogP contribution in [-0.2, 0) is 25.7 Å². The molecule has 4 amide bonds. The molecule has 0 unspecified atom stereocenters. The van der Waals surface area contributed by atoms with Crippen LogP contribution < -0.4 is 38.7 Å². The lowest BCUT2D eigenvalue weighted by Gasteiger charge is -2.28. The summed E-state index contributed by atoms with van der Waals surface area (Å²) in [5.41, 5.74) is 8.25. The number of aromatic amines is 1. The highest BCUT2D eigenvalue weighted by molar-refractivity contribution is 5.94. The third-order valence-electron chi connectivity index (χ3n) is 5.16. The summed E-state index contributed by atoms with van der Waals surface area (Å²) in [6.07, 6.45) is 1.93. The van der Waals surface area contributed by atoms with Gasteiger partial charge in [-0.15, -0.1) is 0 Å². The largest absolute Gasteiger partial charge is 0.444 e. The molecule has 0 spiro atoms. The van der Waals surface area contributed by atoms with Crippen LogP contribution in [0, 0.1) is 6.92 Å². The Kier molecular flexibility index (Phi) is 11.0. The number of primary amides is 1. The maximum absolute atomic E-state index is 12.8. The molecule has 0 fully saturated rings. The maximum atomic E-state index is 12.8. The van der Waals surface area contributed by atoms with Crippen LogP contribution in [0.15, 0.2) is 15.8 Å². The Labute approximate surface area is 214 Å². The first-order valence-corrected chi connectivity index (χ1v) is 11.9. The molecular weight excluding hydrogens is 486 g/mol. The Balaban J connectivity index is 2.62. The number of hydrogen-bond donors (Lipinski definition) is 6.